The van der Waals surface area contributed by atoms with E-state index in [-0.39, 0.29) is 6.61 Å². The number of nitrogens with zero attached hydrogens (tertiary/aromatic N) is 1. The average molecular weight is 229 g/mol. The van der Waals surface area contributed by atoms with Crippen LogP contribution in [0.5, 0.6) is 0 Å². The highest BCUT2D eigenvalue weighted by Gasteiger charge is 2.15. The third-order valence-corrected chi connectivity index (χ3v) is 3.95. The third kappa shape index (κ3) is 2.09. The summed E-state index contributed by atoms with van der Waals surface area (Å²) in [6.07, 6.45) is 7.75. The van der Waals surface area contributed by atoms with Crippen molar-refractivity contribution in [1.29, 1.82) is 0 Å². The first-order valence-corrected chi connectivity index (χ1v) is 6.55. The predicted molar refractivity (Wildman–Crippen MR) is 69.8 cm³/mol. The van der Waals surface area contributed by atoms with E-state index < -0.39 is 0 Å². The number of benzene rings is 1. The number of aromatic nitrogens is 1. The Balaban J connectivity index is 1.89. The van der Waals surface area contributed by atoms with Crippen LogP contribution in [0.25, 0.3) is 10.9 Å². The van der Waals surface area contributed by atoms with Crippen LogP contribution in [-0.2, 0) is 13.2 Å². The molecule has 2 aromatic rings. The fourth-order valence-electron chi connectivity index (χ4n) is 2.98. The van der Waals surface area contributed by atoms with Gasteiger partial charge >= 0.3 is 0 Å². The van der Waals surface area contributed by atoms with E-state index in [1.807, 2.05) is 6.07 Å². The van der Waals surface area contributed by atoms with Gasteiger partial charge in [0, 0.05) is 18.3 Å². The van der Waals surface area contributed by atoms with Crippen LogP contribution in [0.3, 0.4) is 0 Å². The van der Waals surface area contributed by atoms with Crippen LogP contribution in [0.4, 0.5) is 0 Å². The zero-order valence-corrected chi connectivity index (χ0v) is 10.1. The second-order valence-electron chi connectivity index (χ2n) is 5.17. The van der Waals surface area contributed by atoms with E-state index in [0.717, 1.165) is 18.0 Å². The van der Waals surface area contributed by atoms with Crippen molar-refractivity contribution in [2.24, 2.45) is 5.92 Å². The quantitative estimate of drug-likeness (QED) is 0.858. The van der Waals surface area contributed by atoms with Gasteiger partial charge in [-0.05, 0) is 47.9 Å². The Labute approximate surface area is 102 Å². The molecule has 0 bridgehead atoms. The van der Waals surface area contributed by atoms with Gasteiger partial charge in [-0.1, -0.05) is 18.9 Å². The fourth-order valence-corrected chi connectivity index (χ4v) is 2.98. The lowest BCUT2D eigenvalue weighted by atomic mass is 10.1. The molecule has 1 heterocycles. The van der Waals surface area contributed by atoms with Gasteiger partial charge < -0.3 is 9.67 Å². The Bertz CT molecular complexity index is 509. The molecule has 0 saturated heterocycles. The summed E-state index contributed by atoms with van der Waals surface area (Å²) in [4.78, 5) is 0. The topological polar surface area (TPSA) is 25.2 Å². The van der Waals surface area contributed by atoms with Gasteiger partial charge in [0.05, 0.1) is 6.61 Å². The fraction of sp³-hybridized carbons (Fsp3) is 0.467. The van der Waals surface area contributed by atoms with Gasteiger partial charge in [-0.25, -0.2) is 0 Å². The largest absolute Gasteiger partial charge is 0.392 e. The molecule has 1 aliphatic rings. The standard InChI is InChI=1S/C15H19NO/c17-11-13-5-6-15-14(9-13)7-8-16(15)10-12-3-1-2-4-12/h5-9,12,17H,1-4,10-11H2. The monoisotopic (exact) mass is 229 g/mol. The summed E-state index contributed by atoms with van der Waals surface area (Å²) < 4.78 is 2.37. The maximum absolute atomic E-state index is 9.13. The Morgan fingerprint density at radius 3 is 2.76 bits per heavy atom. The minimum absolute atomic E-state index is 0.129. The zero-order valence-electron chi connectivity index (χ0n) is 10.1. The van der Waals surface area contributed by atoms with Crippen molar-refractivity contribution in [1.82, 2.24) is 4.57 Å². The van der Waals surface area contributed by atoms with Crippen molar-refractivity contribution in [2.75, 3.05) is 0 Å². The first kappa shape index (κ1) is 10.8. The Hall–Kier alpha value is -1.28. The highest BCUT2D eigenvalue weighted by atomic mass is 16.3. The highest BCUT2D eigenvalue weighted by molar-refractivity contribution is 5.80. The molecular weight excluding hydrogens is 210 g/mol. The zero-order chi connectivity index (χ0) is 11.7. The molecule has 1 aromatic carbocycles. The molecule has 1 fully saturated rings. The van der Waals surface area contributed by atoms with Gasteiger partial charge in [-0.15, -0.1) is 0 Å². The number of hydrogen-bond acceptors (Lipinski definition) is 1. The van der Waals surface area contributed by atoms with Crippen LogP contribution in [-0.4, -0.2) is 9.67 Å². The van der Waals surface area contributed by atoms with E-state index in [0.29, 0.717) is 0 Å². The molecule has 0 spiro atoms. The summed E-state index contributed by atoms with van der Waals surface area (Å²) in [7, 11) is 0. The molecule has 17 heavy (non-hydrogen) atoms. The van der Waals surface area contributed by atoms with E-state index in [2.05, 4.69) is 29.0 Å². The smallest absolute Gasteiger partial charge is 0.0682 e. The molecule has 3 rings (SSSR count). The number of fused-ring (bicyclic) bond motifs is 1. The molecule has 0 atom stereocenters. The summed E-state index contributed by atoms with van der Waals surface area (Å²) in [6, 6.07) is 8.40. The van der Waals surface area contributed by atoms with Gasteiger partial charge in [-0.3, -0.25) is 0 Å². The minimum Gasteiger partial charge on any atom is -0.392 e. The SMILES string of the molecule is OCc1ccc2c(ccn2CC2CCCC2)c1. The molecule has 90 valence electrons. The number of aliphatic hydroxyl groups is 1. The first-order valence-electron chi connectivity index (χ1n) is 6.55. The van der Waals surface area contributed by atoms with E-state index in [4.69, 9.17) is 5.11 Å². The second-order valence-corrected chi connectivity index (χ2v) is 5.17. The van der Waals surface area contributed by atoms with E-state index in [9.17, 15) is 0 Å². The van der Waals surface area contributed by atoms with E-state index in [1.54, 1.807) is 0 Å². The normalized spacial score (nSPS) is 17.0. The lowest BCUT2D eigenvalue weighted by Gasteiger charge is -2.11. The molecule has 0 aliphatic heterocycles. The average Bonchev–Trinajstić information content (AvgIpc) is 2.99. The molecule has 1 aromatic heterocycles. The molecule has 1 aliphatic carbocycles. The highest BCUT2D eigenvalue weighted by Crippen LogP contribution is 2.28. The lowest BCUT2D eigenvalue weighted by Crippen LogP contribution is -2.05. The molecule has 2 heteroatoms. The van der Waals surface area contributed by atoms with Crippen molar-refractivity contribution in [3.05, 3.63) is 36.0 Å². The van der Waals surface area contributed by atoms with Gasteiger partial charge in [0.25, 0.3) is 0 Å². The number of rotatable bonds is 3. The second kappa shape index (κ2) is 4.53. The molecular formula is C15H19NO. The van der Waals surface area contributed by atoms with Crippen molar-refractivity contribution in [2.45, 2.75) is 38.8 Å². The molecule has 2 nitrogen and oxygen atoms in total. The minimum atomic E-state index is 0.129. The van der Waals surface area contributed by atoms with E-state index in [1.165, 1.54) is 36.6 Å². The van der Waals surface area contributed by atoms with Crippen LogP contribution in [0.1, 0.15) is 31.2 Å². The van der Waals surface area contributed by atoms with Crippen molar-refractivity contribution in [3.63, 3.8) is 0 Å². The first-order chi connectivity index (χ1) is 8.36. The molecule has 0 unspecified atom stereocenters. The van der Waals surface area contributed by atoms with Crippen LogP contribution in [0.15, 0.2) is 30.5 Å². The van der Waals surface area contributed by atoms with Crippen LogP contribution < -0.4 is 0 Å². The number of aliphatic hydroxyl groups excluding tert-OH is 1. The summed E-state index contributed by atoms with van der Waals surface area (Å²) in [5.41, 5.74) is 2.30. The summed E-state index contributed by atoms with van der Waals surface area (Å²) >= 11 is 0. The summed E-state index contributed by atoms with van der Waals surface area (Å²) in [5, 5.41) is 10.4. The third-order valence-electron chi connectivity index (χ3n) is 3.95. The van der Waals surface area contributed by atoms with Gasteiger partial charge in [0.15, 0.2) is 0 Å². The van der Waals surface area contributed by atoms with Gasteiger partial charge in [0.1, 0.15) is 0 Å². The van der Waals surface area contributed by atoms with Crippen LogP contribution in [0, 0.1) is 5.92 Å². The Kier molecular flexibility index (Phi) is 2.89. The summed E-state index contributed by atoms with van der Waals surface area (Å²) in [5.74, 6) is 0.864. The van der Waals surface area contributed by atoms with Crippen LogP contribution in [0.2, 0.25) is 0 Å². The van der Waals surface area contributed by atoms with Gasteiger partial charge in [0.2, 0.25) is 0 Å². The van der Waals surface area contributed by atoms with Crippen LogP contribution >= 0.6 is 0 Å². The lowest BCUT2D eigenvalue weighted by molar-refractivity contribution is 0.282. The Morgan fingerprint density at radius 2 is 2.00 bits per heavy atom. The molecule has 1 N–H and O–H groups in total. The molecule has 0 radical (unpaired) electrons. The van der Waals surface area contributed by atoms with Crippen molar-refractivity contribution in [3.8, 4) is 0 Å². The maximum Gasteiger partial charge on any atom is 0.0682 e. The molecule has 0 amide bonds. The van der Waals surface area contributed by atoms with Crippen molar-refractivity contribution >= 4 is 10.9 Å². The Morgan fingerprint density at radius 1 is 1.18 bits per heavy atom. The number of hydrogen-bond donors (Lipinski definition) is 1. The molecule has 1 saturated carbocycles. The van der Waals surface area contributed by atoms with Crippen molar-refractivity contribution < 1.29 is 5.11 Å². The van der Waals surface area contributed by atoms with E-state index >= 15 is 0 Å². The summed E-state index contributed by atoms with van der Waals surface area (Å²) in [6.45, 7) is 1.28. The van der Waals surface area contributed by atoms with Gasteiger partial charge in [-0.2, -0.15) is 0 Å². The predicted octanol–water partition coefficient (Wildman–Crippen LogP) is 3.32. The maximum atomic E-state index is 9.13.